The van der Waals surface area contributed by atoms with Gasteiger partial charge in [-0.15, -0.1) is 0 Å². The van der Waals surface area contributed by atoms with Crippen molar-refractivity contribution in [3.05, 3.63) is 0 Å². The zero-order valence-electron chi connectivity index (χ0n) is 18.6. The maximum Gasteiger partial charge on any atom is 0.0121 e. The molecule has 0 aromatic heterocycles. The highest BCUT2D eigenvalue weighted by molar-refractivity contribution is 4.88. The molecule has 0 bridgehead atoms. The molecule has 26 heavy (non-hydrogen) atoms. The number of rotatable bonds is 4. The first-order chi connectivity index (χ1) is 12.5. The van der Waals surface area contributed by atoms with E-state index in [9.17, 15) is 0 Å². The van der Waals surface area contributed by atoms with E-state index in [-0.39, 0.29) is 0 Å². The van der Waals surface area contributed by atoms with Gasteiger partial charge in [0.2, 0.25) is 0 Å². The summed E-state index contributed by atoms with van der Waals surface area (Å²) in [6.45, 7) is 23.7. The van der Waals surface area contributed by atoms with Gasteiger partial charge in [-0.2, -0.15) is 0 Å². The normalized spacial score (nSPS) is 26.3. The number of piperidine rings is 2. The molecule has 0 radical (unpaired) electrons. The Labute approximate surface area is 163 Å². The van der Waals surface area contributed by atoms with Crippen LogP contribution < -0.4 is 0 Å². The molecule has 0 atom stereocenters. The topological polar surface area (TPSA) is 13.0 Å². The van der Waals surface area contributed by atoms with Gasteiger partial charge in [-0.1, -0.05) is 13.8 Å². The largest absolute Gasteiger partial charge is 0.301 e. The minimum Gasteiger partial charge on any atom is -0.301 e. The van der Waals surface area contributed by atoms with E-state index in [1.807, 2.05) is 13.8 Å². The van der Waals surface area contributed by atoms with E-state index < -0.39 is 0 Å². The van der Waals surface area contributed by atoms with Gasteiger partial charge < -0.3 is 9.80 Å². The van der Waals surface area contributed by atoms with Gasteiger partial charge in [0.15, 0.2) is 0 Å². The molecule has 3 saturated heterocycles. The molecule has 154 valence electrons. The minimum atomic E-state index is 0.714. The Hall–Kier alpha value is -0.160. The standard InChI is InChI=1S/C20H40N4.C2H6/c1-17(2)21-9-5-19(6-10-21)23-11-7-20(8-12-23)24-15-13-22(14-16-24)18(3)4;1-2/h17-20H,5-16H2,1-4H3;1-2H3. The molecule has 3 heterocycles. The summed E-state index contributed by atoms with van der Waals surface area (Å²) in [5.74, 6) is 0. The van der Waals surface area contributed by atoms with Crippen molar-refractivity contribution in [1.82, 2.24) is 19.6 Å². The highest BCUT2D eigenvalue weighted by Gasteiger charge is 2.32. The molecule has 3 aliphatic rings. The molecule has 3 fully saturated rings. The van der Waals surface area contributed by atoms with E-state index in [0.29, 0.717) is 6.04 Å². The first-order valence-corrected chi connectivity index (χ1v) is 11.5. The number of hydrogen-bond donors (Lipinski definition) is 0. The third-order valence-corrected chi connectivity index (χ3v) is 6.84. The summed E-state index contributed by atoms with van der Waals surface area (Å²) < 4.78 is 0. The third-order valence-electron chi connectivity index (χ3n) is 6.84. The molecule has 4 nitrogen and oxygen atoms in total. The van der Waals surface area contributed by atoms with E-state index in [1.54, 1.807) is 0 Å². The fraction of sp³-hybridized carbons (Fsp3) is 1.00. The Balaban J connectivity index is 0.00000117. The Morgan fingerprint density at radius 1 is 0.500 bits per heavy atom. The van der Waals surface area contributed by atoms with Crippen LogP contribution in [0.5, 0.6) is 0 Å². The maximum absolute atomic E-state index is 2.82. The van der Waals surface area contributed by atoms with Crippen molar-refractivity contribution < 1.29 is 0 Å². The van der Waals surface area contributed by atoms with Gasteiger partial charge in [-0.3, -0.25) is 9.80 Å². The monoisotopic (exact) mass is 366 g/mol. The molecular formula is C22H46N4. The lowest BCUT2D eigenvalue weighted by atomic mass is 9.96. The highest BCUT2D eigenvalue weighted by Crippen LogP contribution is 2.24. The molecule has 3 aliphatic heterocycles. The second-order valence-corrected chi connectivity index (χ2v) is 8.79. The smallest absolute Gasteiger partial charge is 0.0121 e. The fourth-order valence-corrected chi connectivity index (χ4v) is 5.00. The molecule has 0 amide bonds. The summed E-state index contributed by atoms with van der Waals surface area (Å²) in [5, 5.41) is 0. The van der Waals surface area contributed by atoms with Crippen molar-refractivity contribution in [2.24, 2.45) is 0 Å². The number of piperazine rings is 1. The lowest BCUT2D eigenvalue weighted by Crippen LogP contribution is -2.56. The summed E-state index contributed by atoms with van der Waals surface area (Å²) in [5.41, 5.74) is 0. The molecule has 0 aliphatic carbocycles. The molecule has 0 saturated carbocycles. The van der Waals surface area contributed by atoms with Crippen LogP contribution in [0.3, 0.4) is 0 Å². The van der Waals surface area contributed by atoms with E-state index >= 15 is 0 Å². The predicted octanol–water partition coefficient (Wildman–Crippen LogP) is 3.38. The summed E-state index contributed by atoms with van der Waals surface area (Å²) in [7, 11) is 0. The van der Waals surface area contributed by atoms with Gasteiger partial charge in [0.1, 0.15) is 0 Å². The van der Waals surface area contributed by atoms with Crippen LogP contribution >= 0.6 is 0 Å². The second-order valence-electron chi connectivity index (χ2n) is 8.79. The van der Waals surface area contributed by atoms with Crippen LogP contribution in [0.25, 0.3) is 0 Å². The Kier molecular flexibility index (Phi) is 9.36. The highest BCUT2D eigenvalue weighted by atomic mass is 15.3. The van der Waals surface area contributed by atoms with E-state index in [0.717, 1.165) is 18.1 Å². The summed E-state index contributed by atoms with van der Waals surface area (Å²) in [6.07, 6.45) is 5.56. The zero-order chi connectivity index (χ0) is 19.1. The van der Waals surface area contributed by atoms with Crippen LogP contribution in [-0.4, -0.2) is 96.1 Å². The predicted molar refractivity (Wildman–Crippen MR) is 114 cm³/mol. The molecule has 0 aromatic carbocycles. The molecule has 0 spiro atoms. The first kappa shape index (κ1) is 22.1. The minimum absolute atomic E-state index is 0.714. The average molecular weight is 367 g/mol. The van der Waals surface area contributed by atoms with Crippen LogP contribution in [0.15, 0.2) is 0 Å². The van der Waals surface area contributed by atoms with Gasteiger partial charge >= 0.3 is 0 Å². The third kappa shape index (κ3) is 5.92. The zero-order valence-corrected chi connectivity index (χ0v) is 18.6. The van der Waals surface area contributed by atoms with Crippen LogP contribution in [0, 0.1) is 0 Å². The number of hydrogen-bond acceptors (Lipinski definition) is 4. The van der Waals surface area contributed by atoms with E-state index in [1.165, 1.54) is 78.0 Å². The summed E-state index contributed by atoms with van der Waals surface area (Å²) in [4.78, 5) is 10.9. The van der Waals surface area contributed by atoms with Crippen molar-refractivity contribution in [1.29, 1.82) is 0 Å². The van der Waals surface area contributed by atoms with Crippen LogP contribution in [0.4, 0.5) is 0 Å². The number of nitrogens with zero attached hydrogens (tertiary/aromatic N) is 4. The molecule has 4 heteroatoms. The first-order valence-electron chi connectivity index (χ1n) is 11.5. The summed E-state index contributed by atoms with van der Waals surface area (Å²) in [6, 6.07) is 3.15. The van der Waals surface area contributed by atoms with Crippen molar-refractivity contribution >= 4 is 0 Å². The van der Waals surface area contributed by atoms with Crippen LogP contribution in [-0.2, 0) is 0 Å². The average Bonchev–Trinajstić information content (AvgIpc) is 2.70. The Morgan fingerprint density at radius 3 is 1.27 bits per heavy atom. The van der Waals surface area contributed by atoms with Gasteiger partial charge in [0.05, 0.1) is 0 Å². The quantitative estimate of drug-likeness (QED) is 0.756. The summed E-state index contributed by atoms with van der Waals surface area (Å²) >= 11 is 0. The maximum atomic E-state index is 2.82. The number of likely N-dealkylation sites (tertiary alicyclic amines) is 2. The van der Waals surface area contributed by atoms with E-state index in [2.05, 4.69) is 47.3 Å². The van der Waals surface area contributed by atoms with Gasteiger partial charge in [0, 0.05) is 50.3 Å². The van der Waals surface area contributed by atoms with Gasteiger partial charge in [-0.25, -0.2) is 0 Å². The Morgan fingerprint density at radius 2 is 0.846 bits per heavy atom. The van der Waals surface area contributed by atoms with Crippen LogP contribution in [0.1, 0.15) is 67.2 Å². The Bertz CT molecular complexity index is 324. The fourth-order valence-electron chi connectivity index (χ4n) is 5.00. The molecule has 0 aromatic rings. The second kappa shape index (κ2) is 11.0. The van der Waals surface area contributed by atoms with Gasteiger partial charge in [0.25, 0.3) is 0 Å². The lowest BCUT2D eigenvalue weighted by Gasteiger charge is -2.46. The van der Waals surface area contributed by atoms with Gasteiger partial charge in [-0.05, 0) is 79.6 Å². The van der Waals surface area contributed by atoms with Crippen LogP contribution in [0.2, 0.25) is 0 Å². The molecule has 3 rings (SSSR count). The molecular weight excluding hydrogens is 320 g/mol. The SMILES string of the molecule is CC.CC(C)N1CCC(N2CCC(N3CCN(C(C)C)CC3)CC2)CC1. The molecule has 0 N–H and O–H groups in total. The molecule has 0 unspecified atom stereocenters. The van der Waals surface area contributed by atoms with Crippen molar-refractivity contribution in [3.63, 3.8) is 0 Å². The van der Waals surface area contributed by atoms with Crippen molar-refractivity contribution in [2.45, 2.75) is 91.4 Å². The lowest BCUT2D eigenvalue weighted by molar-refractivity contribution is 0.0251. The van der Waals surface area contributed by atoms with Crippen molar-refractivity contribution in [2.75, 3.05) is 52.4 Å². The van der Waals surface area contributed by atoms with Crippen molar-refractivity contribution in [3.8, 4) is 0 Å². The van der Waals surface area contributed by atoms with E-state index in [4.69, 9.17) is 0 Å².